The molecule has 1 fully saturated rings. The maximum Gasteiger partial charge on any atom is 0.236 e. The van der Waals surface area contributed by atoms with Gasteiger partial charge in [0, 0.05) is 62.2 Å². The molecule has 0 bridgehead atoms. The number of fused-ring (bicyclic) bond motifs is 1. The summed E-state index contributed by atoms with van der Waals surface area (Å²) in [6.45, 7) is 8.34. The Morgan fingerprint density at radius 1 is 1.19 bits per heavy atom. The topological polar surface area (TPSA) is 22.0 Å². The van der Waals surface area contributed by atoms with Crippen LogP contribution in [0.4, 0.5) is 0 Å². The highest BCUT2D eigenvalue weighted by Crippen LogP contribution is 2.31. The van der Waals surface area contributed by atoms with E-state index in [2.05, 4.69) is 71.1 Å². The van der Waals surface area contributed by atoms with Gasteiger partial charge in [0.05, 0.1) is 6.42 Å². The monoisotopic (exact) mass is 368 g/mol. The third kappa shape index (κ3) is 3.32. The highest BCUT2D eigenvalue weighted by Gasteiger charge is 2.39. The first kappa shape index (κ1) is 17.7. The van der Waals surface area contributed by atoms with Crippen LogP contribution in [-0.2, 0) is 6.42 Å². The average molecular weight is 369 g/mol. The second-order valence-corrected chi connectivity index (χ2v) is 8.95. The molecule has 0 amide bonds. The van der Waals surface area contributed by atoms with E-state index in [9.17, 15) is 0 Å². The van der Waals surface area contributed by atoms with Crippen molar-refractivity contribution in [2.75, 3.05) is 25.9 Å². The number of hydrogen-bond donors (Lipinski definition) is 1. The fourth-order valence-corrected chi connectivity index (χ4v) is 5.28. The summed E-state index contributed by atoms with van der Waals surface area (Å²) in [6.07, 6.45) is 11.8. The lowest BCUT2D eigenvalue weighted by atomic mass is 9.93. The molecule has 0 atom stereocenters. The van der Waals surface area contributed by atoms with Crippen molar-refractivity contribution in [3.05, 3.63) is 47.8 Å². The summed E-state index contributed by atoms with van der Waals surface area (Å²) >= 11 is 1.89. The number of nitrogens with zero attached hydrogens (tertiary/aromatic N) is 2. The predicted octanol–water partition coefficient (Wildman–Crippen LogP) is 4.65. The van der Waals surface area contributed by atoms with Gasteiger partial charge in [0.2, 0.25) is 5.04 Å². The second kappa shape index (κ2) is 7.15. The number of thioether (sulfide) groups is 1. The van der Waals surface area contributed by atoms with Crippen LogP contribution in [0.2, 0.25) is 0 Å². The molecule has 3 nitrogen and oxygen atoms in total. The summed E-state index contributed by atoms with van der Waals surface area (Å²) in [5, 5.41) is 2.78. The van der Waals surface area contributed by atoms with E-state index in [0.29, 0.717) is 0 Å². The van der Waals surface area contributed by atoms with E-state index in [1.165, 1.54) is 47.4 Å². The smallest absolute Gasteiger partial charge is 0.236 e. The molecule has 0 radical (unpaired) electrons. The number of aromatic amines is 1. The lowest BCUT2D eigenvalue weighted by molar-refractivity contribution is -0.599. The number of benzene rings is 1. The van der Waals surface area contributed by atoms with Crippen LogP contribution in [0.3, 0.4) is 0 Å². The Balaban J connectivity index is 1.60. The van der Waals surface area contributed by atoms with Gasteiger partial charge in [-0.3, -0.25) is 0 Å². The van der Waals surface area contributed by atoms with Crippen LogP contribution >= 0.6 is 11.8 Å². The lowest BCUT2D eigenvalue weighted by Gasteiger charge is -2.33. The summed E-state index contributed by atoms with van der Waals surface area (Å²) in [7, 11) is 0. The number of H-pyrrole nitrogens is 1. The van der Waals surface area contributed by atoms with Crippen molar-refractivity contribution in [1.82, 2.24) is 9.88 Å². The highest BCUT2D eigenvalue weighted by molar-refractivity contribution is 8.13. The Morgan fingerprint density at radius 2 is 1.96 bits per heavy atom. The van der Waals surface area contributed by atoms with Gasteiger partial charge < -0.3 is 9.88 Å². The minimum atomic E-state index is 0.164. The number of aromatic nitrogens is 1. The summed E-state index contributed by atoms with van der Waals surface area (Å²) in [5.41, 5.74) is 4.37. The molecular formula is C22H30N3S+. The molecule has 0 aliphatic carbocycles. The van der Waals surface area contributed by atoms with E-state index in [-0.39, 0.29) is 5.54 Å². The molecule has 0 spiro atoms. The Kier molecular flexibility index (Phi) is 4.87. The van der Waals surface area contributed by atoms with Gasteiger partial charge in [-0.1, -0.05) is 30.0 Å². The van der Waals surface area contributed by atoms with Crippen LogP contribution in [0.25, 0.3) is 10.9 Å². The first-order valence-electron chi connectivity index (χ1n) is 9.77. The molecule has 138 valence electrons. The molecular weight excluding hydrogens is 338 g/mol. The second-order valence-electron chi connectivity index (χ2n) is 8.12. The molecule has 4 heteroatoms. The molecule has 0 saturated carbocycles. The molecule has 1 N–H and O–H groups in total. The van der Waals surface area contributed by atoms with Crippen molar-refractivity contribution in [3.8, 4) is 0 Å². The molecule has 2 aliphatic heterocycles. The van der Waals surface area contributed by atoms with Gasteiger partial charge in [-0.2, -0.15) is 0 Å². The normalized spacial score (nSPS) is 20.1. The molecule has 1 saturated heterocycles. The highest BCUT2D eigenvalue weighted by atomic mass is 32.2. The third-order valence-electron chi connectivity index (χ3n) is 5.90. The van der Waals surface area contributed by atoms with Gasteiger partial charge >= 0.3 is 0 Å². The molecule has 2 aliphatic rings. The number of likely N-dealkylation sites (tertiary alicyclic amines) is 1. The molecule has 2 aromatic rings. The minimum Gasteiger partial charge on any atom is -0.374 e. The standard InChI is InChI=1S/C22H30N3S/c1-22(2)15-18(24-11-6-7-12-24)14-21(26-3)25(22)13-10-17-16-23-20-9-5-4-8-19(17)20/h4-5,8-9,14,16,23H,6-7,10-13,15H2,1-3H3/q+1. The number of hydrogen-bond acceptors (Lipinski definition) is 2. The van der Waals surface area contributed by atoms with Crippen molar-refractivity contribution in [2.45, 2.75) is 45.1 Å². The zero-order valence-corrected chi connectivity index (χ0v) is 17.0. The van der Waals surface area contributed by atoms with Gasteiger partial charge in [-0.05, 0) is 30.7 Å². The van der Waals surface area contributed by atoms with E-state index in [4.69, 9.17) is 0 Å². The zero-order chi connectivity index (χ0) is 18.1. The first-order chi connectivity index (χ1) is 12.6. The van der Waals surface area contributed by atoms with Crippen molar-refractivity contribution in [2.24, 2.45) is 0 Å². The summed E-state index contributed by atoms with van der Waals surface area (Å²) in [5.74, 6) is 0. The van der Waals surface area contributed by atoms with Crippen molar-refractivity contribution >= 4 is 27.7 Å². The largest absolute Gasteiger partial charge is 0.374 e. The summed E-state index contributed by atoms with van der Waals surface area (Å²) in [4.78, 5) is 6.02. The molecule has 4 rings (SSSR count). The first-order valence-corrected chi connectivity index (χ1v) is 11.0. The van der Waals surface area contributed by atoms with Gasteiger partial charge in [-0.25, -0.2) is 4.58 Å². The summed E-state index contributed by atoms with van der Waals surface area (Å²) in [6, 6.07) is 8.62. The Labute approximate surface area is 161 Å². The van der Waals surface area contributed by atoms with Crippen molar-refractivity contribution < 1.29 is 4.58 Å². The van der Waals surface area contributed by atoms with Gasteiger partial charge in [0.25, 0.3) is 0 Å². The molecule has 0 unspecified atom stereocenters. The van der Waals surface area contributed by atoms with Crippen LogP contribution in [0.1, 0.15) is 38.7 Å². The van der Waals surface area contributed by atoms with E-state index in [1.54, 1.807) is 5.70 Å². The Bertz CT molecular complexity index is 853. The number of nitrogens with one attached hydrogen (secondary N) is 1. The summed E-state index contributed by atoms with van der Waals surface area (Å²) < 4.78 is 2.62. The maximum absolute atomic E-state index is 3.42. The van der Waals surface area contributed by atoms with Crippen LogP contribution in [0, 0.1) is 0 Å². The van der Waals surface area contributed by atoms with Crippen LogP contribution in [-0.4, -0.2) is 50.9 Å². The van der Waals surface area contributed by atoms with Crippen molar-refractivity contribution in [3.63, 3.8) is 0 Å². The van der Waals surface area contributed by atoms with E-state index in [0.717, 1.165) is 19.4 Å². The average Bonchev–Trinajstić information content (AvgIpc) is 3.29. The zero-order valence-electron chi connectivity index (χ0n) is 16.2. The van der Waals surface area contributed by atoms with Crippen LogP contribution in [0.5, 0.6) is 0 Å². The number of rotatable bonds is 4. The van der Waals surface area contributed by atoms with Crippen LogP contribution in [0.15, 0.2) is 42.2 Å². The van der Waals surface area contributed by atoms with E-state index in [1.807, 2.05) is 11.8 Å². The SMILES string of the molecule is CSC1=[N+](CCc2c[nH]c3ccccc23)C(C)(C)CC(N2CCCC2)=C1. The Morgan fingerprint density at radius 3 is 2.73 bits per heavy atom. The van der Waals surface area contributed by atoms with Gasteiger partial charge in [0.15, 0.2) is 5.54 Å². The molecule has 1 aromatic heterocycles. The number of para-hydroxylation sites is 1. The van der Waals surface area contributed by atoms with Crippen molar-refractivity contribution in [1.29, 1.82) is 0 Å². The van der Waals surface area contributed by atoms with Gasteiger partial charge in [0.1, 0.15) is 6.54 Å². The maximum atomic E-state index is 3.42. The molecule has 3 heterocycles. The van der Waals surface area contributed by atoms with E-state index >= 15 is 0 Å². The quantitative estimate of drug-likeness (QED) is 0.794. The fraction of sp³-hybridized carbons (Fsp3) is 0.500. The Hall–Kier alpha value is -1.68. The fourth-order valence-electron chi connectivity index (χ4n) is 4.47. The predicted molar refractivity (Wildman–Crippen MR) is 113 cm³/mol. The van der Waals surface area contributed by atoms with Crippen LogP contribution < -0.4 is 0 Å². The van der Waals surface area contributed by atoms with Gasteiger partial charge in [-0.15, -0.1) is 0 Å². The molecule has 1 aromatic carbocycles. The lowest BCUT2D eigenvalue weighted by Crippen LogP contribution is -2.45. The minimum absolute atomic E-state index is 0.164. The van der Waals surface area contributed by atoms with E-state index < -0.39 is 0 Å². The molecule has 26 heavy (non-hydrogen) atoms. The third-order valence-corrected chi connectivity index (χ3v) is 6.66.